The van der Waals surface area contributed by atoms with Crippen LogP contribution in [0.15, 0.2) is 34.9 Å². The molecule has 0 unspecified atom stereocenters. The minimum Gasteiger partial charge on any atom is -0.353 e. The first-order chi connectivity index (χ1) is 13.6. The minimum atomic E-state index is -3.49. The highest BCUT2D eigenvalue weighted by Gasteiger charge is 2.27. The van der Waals surface area contributed by atoms with Crippen LogP contribution in [0.4, 0.5) is 11.5 Å². The largest absolute Gasteiger partial charge is 0.353 e. The number of amides is 1. The highest BCUT2D eigenvalue weighted by atomic mass is 79.9. The molecule has 1 fully saturated rings. The van der Waals surface area contributed by atoms with Gasteiger partial charge in [0.25, 0.3) is 5.91 Å². The maximum Gasteiger partial charge on any atom is 0.256 e. The third kappa shape index (κ3) is 4.72. The van der Waals surface area contributed by atoms with Crippen molar-refractivity contribution in [2.45, 2.75) is 13.8 Å². The van der Waals surface area contributed by atoms with Crippen LogP contribution in [0.5, 0.6) is 0 Å². The third-order valence-corrected chi connectivity index (χ3v) is 6.77. The average molecular weight is 481 g/mol. The molecule has 156 valence electrons. The molecule has 0 bridgehead atoms. The highest BCUT2D eigenvalue weighted by Crippen LogP contribution is 2.28. The van der Waals surface area contributed by atoms with E-state index in [-0.39, 0.29) is 5.91 Å². The second-order valence-corrected chi connectivity index (χ2v) is 10.3. The van der Waals surface area contributed by atoms with Crippen molar-refractivity contribution in [3.8, 4) is 0 Å². The van der Waals surface area contributed by atoms with Gasteiger partial charge in [-0.05, 0) is 43.2 Å². The van der Waals surface area contributed by atoms with Crippen LogP contribution in [0.1, 0.15) is 21.5 Å². The molecule has 7 nitrogen and oxygen atoms in total. The van der Waals surface area contributed by atoms with Crippen LogP contribution >= 0.6 is 15.9 Å². The van der Waals surface area contributed by atoms with Crippen molar-refractivity contribution in [2.24, 2.45) is 0 Å². The van der Waals surface area contributed by atoms with Crippen molar-refractivity contribution in [2.75, 3.05) is 48.7 Å². The first-order valence-electron chi connectivity index (χ1n) is 9.29. The van der Waals surface area contributed by atoms with E-state index in [1.165, 1.54) is 7.05 Å². The molecule has 2 heterocycles. The lowest BCUT2D eigenvalue weighted by Gasteiger charge is -2.36. The van der Waals surface area contributed by atoms with E-state index in [9.17, 15) is 13.2 Å². The van der Waals surface area contributed by atoms with Gasteiger partial charge in [0.1, 0.15) is 5.82 Å². The zero-order valence-corrected chi connectivity index (χ0v) is 19.4. The first kappa shape index (κ1) is 21.6. The van der Waals surface area contributed by atoms with Crippen LogP contribution in [-0.4, -0.2) is 63.7 Å². The SMILES string of the molecule is Cc1cnc(N2CCN(C(=O)c3ccc(Br)cc3N(C)S(C)(=O)=O)CC2)c(C)c1. The van der Waals surface area contributed by atoms with Crippen molar-refractivity contribution in [3.63, 3.8) is 0 Å². The van der Waals surface area contributed by atoms with Gasteiger partial charge < -0.3 is 9.80 Å². The van der Waals surface area contributed by atoms with E-state index in [1.54, 1.807) is 23.1 Å². The number of pyridine rings is 1. The summed E-state index contributed by atoms with van der Waals surface area (Å²) in [5.41, 5.74) is 2.98. The number of carbonyl (C=O) groups is 1. The summed E-state index contributed by atoms with van der Waals surface area (Å²) < 4.78 is 25.9. The molecule has 1 aliphatic heterocycles. The molecule has 0 atom stereocenters. The van der Waals surface area contributed by atoms with Crippen molar-refractivity contribution in [1.82, 2.24) is 9.88 Å². The smallest absolute Gasteiger partial charge is 0.256 e. The Morgan fingerprint density at radius 1 is 1.14 bits per heavy atom. The van der Waals surface area contributed by atoms with E-state index in [0.717, 1.165) is 27.5 Å². The fraction of sp³-hybridized carbons (Fsp3) is 0.400. The number of carbonyl (C=O) groups excluding carboxylic acids is 1. The monoisotopic (exact) mass is 480 g/mol. The quantitative estimate of drug-likeness (QED) is 0.672. The number of halogens is 1. The summed E-state index contributed by atoms with van der Waals surface area (Å²) in [7, 11) is -2.03. The molecule has 0 spiro atoms. The summed E-state index contributed by atoms with van der Waals surface area (Å²) in [6, 6.07) is 7.18. The molecule has 1 aromatic heterocycles. The number of hydrogen-bond acceptors (Lipinski definition) is 5. The van der Waals surface area contributed by atoms with E-state index >= 15 is 0 Å². The number of aryl methyl sites for hydroxylation is 2. The number of sulfonamides is 1. The van der Waals surface area contributed by atoms with Gasteiger partial charge >= 0.3 is 0 Å². The molecule has 1 amide bonds. The van der Waals surface area contributed by atoms with E-state index in [1.807, 2.05) is 20.0 Å². The van der Waals surface area contributed by atoms with Crippen LogP contribution in [0, 0.1) is 13.8 Å². The molecule has 2 aromatic rings. The number of nitrogens with zero attached hydrogens (tertiary/aromatic N) is 4. The minimum absolute atomic E-state index is 0.170. The Kier molecular flexibility index (Phi) is 6.19. The van der Waals surface area contributed by atoms with E-state index in [2.05, 4.69) is 31.9 Å². The van der Waals surface area contributed by atoms with Crippen LogP contribution < -0.4 is 9.21 Å². The Morgan fingerprint density at radius 3 is 2.38 bits per heavy atom. The van der Waals surface area contributed by atoms with Crippen LogP contribution in [0.3, 0.4) is 0 Å². The van der Waals surface area contributed by atoms with Crippen molar-refractivity contribution >= 4 is 43.4 Å². The summed E-state index contributed by atoms with van der Waals surface area (Å²) in [5.74, 6) is 0.778. The van der Waals surface area contributed by atoms with Gasteiger partial charge in [-0.2, -0.15) is 0 Å². The Hall–Kier alpha value is -2.13. The maximum absolute atomic E-state index is 13.2. The summed E-state index contributed by atoms with van der Waals surface area (Å²) in [4.78, 5) is 21.7. The second kappa shape index (κ2) is 8.31. The number of rotatable bonds is 4. The lowest BCUT2D eigenvalue weighted by Crippen LogP contribution is -2.49. The molecular weight excluding hydrogens is 456 g/mol. The van der Waals surface area contributed by atoms with Gasteiger partial charge in [0.2, 0.25) is 10.0 Å². The number of anilines is 2. The molecule has 1 saturated heterocycles. The lowest BCUT2D eigenvalue weighted by molar-refractivity contribution is 0.0747. The Balaban J connectivity index is 1.79. The highest BCUT2D eigenvalue weighted by molar-refractivity contribution is 9.10. The summed E-state index contributed by atoms with van der Waals surface area (Å²) in [6.45, 7) is 6.51. The fourth-order valence-electron chi connectivity index (χ4n) is 3.46. The van der Waals surface area contributed by atoms with Crippen LogP contribution in [0.25, 0.3) is 0 Å². The van der Waals surface area contributed by atoms with Crippen molar-refractivity contribution in [3.05, 3.63) is 51.6 Å². The van der Waals surface area contributed by atoms with Crippen LogP contribution in [-0.2, 0) is 10.0 Å². The van der Waals surface area contributed by atoms with Crippen LogP contribution in [0.2, 0.25) is 0 Å². The molecule has 3 rings (SSSR count). The number of piperazine rings is 1. The standard InChI is InChI=1S/C20H25BrN4O3S/c1-14-11-15(2)19(22-13-14)24-7-9-25(10-8-24)20(26)17-6-5-16(21)12-18(17)23(3)29(4,27)28/h5-6,11-13H,7-10H2,1-4H3. The zero-order valence-electron chi connectivity index (χ0n) is 17.0. The van der Waals surface area contributed by atoms with E-state index < -0.39 is 10.0 Å². The molecule has 0 N–H and O–H groups in total. The van der Waals surface area contributed by atoms with Crippen molar-refractivity contribution in [1.29, 1.82) is 0 Å². The summed E-state index contributed by atoms with van der Waals surface area (Å²) in [5, 5.41) is 0. The molecule has 1 aromatic carbocycles. The maximum atomic E-state index is 13.2. The Morgan fingerprint density at radius 2 is 1.79 bits per heavy atom. The topological polar surface area (TPSA) is 73.8 Å². The molecule has 0 saturated carbocycles. The lowest BCUT2D eigenvalue weighted by atomic mass is 10.1. The molecule has 29 heavy (non-hydrogen) atoms. The number of aromatic nitrogens is 1. The van der Waals surface area contributed by atoms with Gasteiger partial charge in [-0.15, -0.1) is 0 Å². The summed E-state index contributed by atoms with van der Waals surface area (Å²) >= 11 is 3.36. The molecule has 0 aliphatic carbocycles. The molecular formula is C20H25BrN4O3S. The summed E-state index contributed by atoms with van der Waals surface area (Å²) in [6.07, 6.45) is 2.98. The molecule has 9 heteroatoms. The van der Waals surface area contributed by atoms with Crippen molar-refractivity contribution < 1.29 is 13.2 Å². The third-order valence-electron chi connectivity index (χ3n) is 5.08. The van der Waals surface area contributed by atoms with Gasteiger partial charge in [-0.1, -0.05) is 22.0 Å². The van der Waals surface area contributed by atoms with E-state index in [0.29, 0.717) is 41.9 Å². The first-order valence-corrected chi connectivity index (χ1v) is 11.9. The average Bonchev–Trinajstić information content (AvgIpc) is 2.66. The predicted octanol–water partition coefficient (Wildman–Crippen LogP) is 2.82. The predicted molar refractivity (Wildman–Crippen MR) is 119 cm³/mol. The number of hydrogen-bond donors (Lipinski definition) is 0. The Bertz CT molecular complexity index is 1030. The molecule has 0 radical (unpaired) electrons. The van der Waals surface area contributed by atoms with Gasteiger partial charge in [-0.25, -0.2) is 13.4 Å². The second-order valence-electron chi connectivity index (χ2n) is 7.32. The zero-order chi connectivity index (χ0) is 21.3. The fourth-order valence-corrected chi connectivity index (χ4v) is 4.31. The van der Waals surface area contributed by atoms with Gasteiger partial charge in [0.05, 0.1) is 17.5 Å². The van der Waals surface area contributed by atoms with Gasteiger partial charge in [-0.3, -0.25) is 9.10 Å². The van der Waals surface area contributed by atoms with Gasteiger partial charge in [0.15, 0.2) is 0 Å². The normalized spacial score (nSPS) is 14.8. The number of benzene rings is 1. The Labute approximate surface area is 180 Å². The van der Waals surface area contributed by atoms with E-state index in [4.69, 9.17) is 0 Å². The molecule has 1 aliphatic rings. The van der Waals surface area contributed by atoms with Gasteiger partial charge in [0, 0.05) is 43.9 Å².